The Labute approximate surface area is 441 Å². The van der Waals surface area contributed by atoms with Gasteiger partial charge in [0.1, 0.15) is 0 Å². The highest BCUT2D eigenvalue weighted by molar-refractivity contribution is 6.02. The van der Waals surface area contributed by atoms with Gasteiger partial charge in [0, 0.05) is 33.7 Å². The molecule has 1 nitrogen and oxygen atoms in total. The average molecular weight is 958 g/mol. The lowest BCUT2D eigenvalue weighted by atomic mass is 9.70. The monoisotopic (exact) mass is 957 g/mol. The van der Waals surface area contributed by atoms with Gasteiger partial charge in [0.25, 0.3) is 0 Å². The minimum atomic E-state index is -0.455. The van der Waals surface area contributed by atoms with Crippen LogP contribution >= 0.6 is 0 Å². The summed E-state index contributed by atoms with van der Waals surface area (Å²) in [5.74, 6) is 0.0761. The number of benzene rings is 11. The van der Waals surface area contributed by atoms with Crippen LogP contribution in [-0.2, 0) is 16.2 Å². The number of fused-ring (bicyclic) bond motifs is 16. The molecule has 1 spiro atoms. The van der Waals surface area contributed by atoms with E-state index in [9.17, 15) is 0 Å². The van der Waals surface area contributed by atoms with Gasteiger partial charge in [-0.15, -0.1) is 0 Å². The third kappa shape index (κ3) is 6.13. The van der Waals surface area contributed by atoms with E-state index in [1.807, 2.05) is 0 Å². The summed E-state index contributed by atoms with van der Waals surface area (Å²) in [6, 6.07) is 96.5. The third-order valence-corrected chi connectivity index (χ3v) is 17.8. The van der Waals surface area contributed by atoms with Gasteiger partial charge in [-0.25, -0.2) is 0 Å². The summed E-state index contributed by atoms with van der Waals surface area (Å²) in [7, 11) is 0. The fraction of sp³-hybridized carbons (Fsp3) is 0.108. The molecule has 0 heterocycles. The van der Waals surface area contributed by atoms with Crippen molar-refractivity contribution in [2.24, 2.45) is 0 Å². The normalized spacial score (nSPS) is 15.2. The van der Waals surface area contributed by atoms with E-state index in [0.29, 0.717) is 0 Å². The van der Waals surface area contributed by atoms with Crippen molar-refractivity contribution in [1.82, 2.24) is 0 Å². The quantitative estimate of drug-likeness (QED) is 0.144. The van der Waals surface area contributed by atoms with Crippen LogP contribution in [-0.4, -0.2) is 0 Å². The van der Waals surface area contributed by atoms with Crippen LogP contribution < -0.4 is 4.90 Å². The minimum absolute atomic E-state index is 0.0761. The van der Waals surface area contributed by atoms with Crippen molar-refractivity contribution in [3.8, 4) is 55.6 Å². The zero-order valence-electron chi connectivity index (χ0n) is 42.8. The fourth-order valence-electron chi connectivity index (χ4n) is 14.4. The Morgan fingerprint density at radius 2 is 0.680 bits per heavy atom. The summed E-state index contributed by atoms with van der Waals surface area (Å²) in [5, 5.41) is 0. The fourth-order valence-corrected chi connectivity index (χ4v) is 14.4. The molecule has 1 heteroatoms. The van der Waals surface area contributed by atoms with Gasteiger partial charge in [0.15, 0.2) is 0 Å². The van der Waals surface area contributed by atoms with Crippen molar-refractivity contribution in [3.63, 3.8) is 0 Å². The lowest BCUT2D eigenvalue weighted by Crippen LogP contribution is -2.26. The number of nitrogens with zero attached hydrogens (tertiary/aromatic N) is 1. The SMILES string of the molecule is CC1(C)c2ccccc2-c2ccc(N(c3ccc4c(c3)C(C)(C)c3cc(C(c5ccccc5)c5ccc(-c6ccccc6)cc5)ccc3-4)c3cccc4c3-c3ccccc3C43c4ccccc4-c4ccccc43)cc21. The molecule has 11 aromatic carbocycles. The maximum Gasteiger partial charge on any atom is 0.0726 e. The minimum Gasteiger partial charge on any atom is -0.310 e. The Hall–Kier alpha value is -8.78. The van der Waals surface area contributed by atoms with Gasteiger partial charge >= 0.3 is 0 Å². The van der Waals surface area contributed by atoms with Crippen LogP contribution in [0.15, 0.2) is 255 Å². The molecule has 4 aliphatic rings. The van der Waals surface area contributed by atoms with Crippen LogP contribution in [0.25, 0.3) is 55.6 Å². The summed E-state index contributed by atoms with van der Waals surface area (Å²) in [6.07, 6.45) is 0. The lowest BCUT2D eigenvalue weighted by Gasteiger charge is -2.33. The molecule has 0 saturated carbocycles. The summed E-state index contributed by atoms with van der Waals surface area (Å²) >= 11 is 0. The molecule has 1 unspecified atom stereocenters. The molecule has 0 amide bonds. The second-order valence-electron chi connectivity index (χ2n) is 22.3. The van der Waals surface area contributed by atoms with E-state index < -0.39 is 5.41 Å². The van der Waals surface area contributed by atoms with Crippen LogP contribution in [0, 0.1) is 0 Å². The molecule has 75 heavy (non-hydrogen) atoms. The first-order valence-corrected chi connectivity index (χ1v) is 26.7. The van der Waals surface area contributed by atoms with Gasteiger partial charge in [0.2, 0.25) is 0 Å². The van der Waals surface area contributed by atoms with Crippen LogP contribution in [0.3, 0.4) is 0 Å². The zero-order valence-corrected chi connectivity index (χ0v) is 42.8. The molecule has 1 atom stereocenters. The van der Waals surface area contributed by atoms with E-state index >= 15 is 0 Å². The maximum absolute atomic E-state index is 2.59. The average Bonchev–Trinajstić information content (AvgIpc) is 4.15. The van der Waals surface area contributed by atoms with Crippen molar-refractivity contribution in [3.05, 3.63) is 316 Å². The highest BCUT2D eigenvalue weighted by atomic mass is 15.1. The van der Waals surface area contributed by atoms with Gasteiger partial charge in [-0.2, -0.15) is 0 Å². The van der Waals surface area contributed by atoms with Crippen LogP contribution in [0.4, 0.5) is 17.1 Å². The smallest absolute Gasteiger partial charge is 0.0726 e. The number of hydrogen-bond donors (Lipinski definition) is 0. The van der Waals surface area contributed by atoms with Gasteiger partial charge in [-0.05, 0) is 142 Å². The zero-order chi connectivity index (χ0) is 50.2. The van der Waals surface area contributed by atoms with Crippen LogP contribution in [0.5, 0.6) is 0 Å². The van der Waals surface area contributed by atoms with Gasteiger partial charge in [-0.1, -0.05) is 252 Å². The largest absolute Gasteiger partial charge is 0.310 e. The molecule has 0 N–H and O–H groups in total. The first kappa shape index (κ1) is 43.8. The number of anilines is 3. The molecule has 0 radical (unpaired) electrons. The highest BCUT2D eigenvalue weighted by Gasteiger charge is 2.52. The molecule has 356 valence electrons. The summed E-state index contributed by atoms with van der Waals surface area (Å²) in [6.45, 7) is 9.66. The molecule has 0 fully saturated rings. The Kier molecular flexibility index (Phi) is 9.40. The maximum atomic E-state index is 2.59. The van der Waals surface area contributed by atoms with E-state index in [4.69, 9.17) is 0 Å². The summed E-state index contributed by atoms with van der Waals surface area (Å²) < 4.78 is 0. The first-order chi connectivity index (χ1) is 36.7. The standard InChI is InChI=1S/C74H55N/c1-72(2)61-28-15-11-24-54(61)58-42-39-52(45-67(58)72)75(69-33-19-32-65-71(69)60-27-14-18-31-64(60)74(65)62-29-16-12-25-55(62)56-26-13-17-30-63(56)74)53-40-43-59-57-41-38-51(44-66(57)73(3,4)68(59)46-53)70(49-22-9-6-10-23-49)50-36-34-48(35-37-50)47-20-7-5-8-21-47/h5-46,70H,1-4H3. The Bertz CT molecular complexity index is 4070. The second kappa shape index (κ2) is 16.1. The number of rotatable bonds is 7. The molecule has 0 aromatic heterocycles. The highest BCUT2D eigenvalue weighted by Crippen LogP contribution is 2.65. The van der Waals surface area contributed by atoms with E-state index in [1.165, 1.54) is 123 Å². The first-order valence-electron chi connectivity index (χ1n) is 26.7. The van der Waals surface area contributed by atoms with E-state index in [1.54, 1.807) is 0 Å². The summed E-state index contributed by atoms with van der Waals surface area (Å²) in [4.78, 5) is 2.59. The summed E-state index contributed by atoms with van der Waals surface area (Å²) in [5.41, 5.74) is 30.3. The molecular formula is C74H55N. The van der Waals surface area contributed by atoms with E-state index in [-0.39, 0.29) is 16.7 Å². The molecule has 0 saturated heterocycles. The van der Waals surface area contributed by atoms with E-state index in [0.717, 1.165) is 11.4 Å². The van der Waals surface area contributed by atoms with Gasteiger partial charge in [0.05, 0.1) is 11.1 Å². The van der Waals surface area contributed by atoms with Crippen molar-refractivity contribution >= 4 is 17.1 Å². The molecular weight excluding hydrogens is 903 g/mol. The van der Waals surface area contributed by atoms with Gasteiger partial charge in [-0.3, -0.25) is 0 Å². The van der Waals surface area contributed by atoms with E-state index in [2.05, 4.69) is 287 Å². The van der Waals surface area contributed by atoms with Crippen molar-refractivity contribution in [1.29, 1.82) is 0 Å². The molecule has 0 aliphatic heterocycles. The molecule has 11 aromatic rings. The molecule has 15 rings (SSSR count). The molecule has 0 bridgehead atoms. The van der Waals surface area contributed by atoms with Crippen molar-refractivity contribution < 1.29 is 0 Å². The Morgan fingerprint density at radius 1 is 0.280 bits per heavy atom. The predicted octanol–water partition coefficient (Wildman–Crippen LogP) is 19.0. The molecule has 4 aliphatic carbocycles. The predicted molar refractivity (Wildman–Crippen MR) is 312 cm³/mol. The van der Waals surface area contributed by atoms with Gasteiger partial charge < -0.3 is 4.90 Å². The topological polar surface area (TPSA) is 3.24 Å². The third-order valence-electron chi connectivity index (χ3n) is 17.8. The second-order valence-corrected chi connectivity index (χ2v) is 22.3. The van der Waals surface area contributed by atoms with Crippen molar-refractivity contribution in [2.45, 2.75) is 49.9 Å². The van der Waals surface area contributed by atoms with Crippen LogP contribution in [0.2, 0.25) is 0 Å². The van der Waals surface area contributed by atoms with Crippen molar-refractivity contribution in [2.75, 3.05) is 4.90 Å². The van der Waals surface area contributed by atoms with Crippen LogP contribution in [0.1, 0.15) is 94.8 Å². The Morgan fingerprint density at radius 3 is 1.28 bits per heavy atom. The Balaban J connectivity index is 0.910. The lowest BCUT2D eigenvalue weighted by molar-refractivity contribution is 0.658. The number of hydrogen-bond acceptors (Lipinski definition) is 1.